The molecule has 0 aliphatic carbocycles. The first kappa shape index (κ1) is 9.26. The summed E-state index contributed by atoms with van der Waals surface area (Å²) < 4.78 is 0.616. The van der Waals surface area contributed by atoms with Crippen LogP contribution in [0.3, 0.4) is 0 Å². The molecule has 0 radical (unpaired) electrons. The molecule has 64 valence electrons. The number of halogens is 1. The molecule has 0 saturated carbocycles. The molecule has 0 spiro atoms. The van der Waals surface area contributed by atoms with E-state index in [0.29, 0.717) is 15.6 Å². The van der Waals surface area contributed by atoms with Crippen molar-refractivity contribution < 1.29 is 9.90 Å². The van der Waals surface area contributed by atoms with Crippen LogP contribution in [0.4, 0.5) is 0 Å². The third-order valence-corrected chi connectivity index (χ3v) is 2.40. The van der Waals surface area contributed by atoms with E-state index < -0.39 is 0 Å². The Hall–Kier alpha value is -0.830. The first-order chi connectivity index (χ1) is 5.54. The molecule has 0 atom stereocenters. The first-order valence-electron chi connectivity index (χ1n) is 3.53. The lowest BCUT2D eigenvalue weighted by Crippen LogP contribution is -1.95. The zero-order valence-corrected chi connectivity index (χ0v) is 8.47. The maximum Gasteiger partial charge on any atom is 0.160 e. The molecule has 1 aromatic carbocycles. The van der Waals surface area contributed by atoms with Gasteiger partial charge in [0.05, 0.1) is 4.47 Å². The molecule has 0 amide bonds. The van der Waals surface area contributed by atoms with E-state index in [9.17, 15) is 9.90 Å². The molecule has 0 saturated heterocycles. The molecule has 0 fully saturated rings. The molecule has 1 N–H and O–H groups in total. The number of phenolic OH excluding ortho intramolecular Hbond substituents is 1. The molecule has 1 aromatic rings. The Kier molecular flexibility index (Phi) is 2.52. The number of carbonyl (C=O) groups is 1. The largest absolute Gasteiger partial charge is 0.506 e. The van der Waals surface area contributed by atoms with Gasteiger partial charge in [0.15, 0.2) is 5.78 Å². The number of Topliss-reactive ketones (excluding diaryl/α,β-unsaturated/α-hetero) is 1. The number of rotatable bonds is 1. The first-order valence-corrected chi connectivity index (χ1v) is 4.32. The van der Waals surface area contributed by atoms with E-state index in [1.54, 1.807) is 19.1 Å². The average molecular weight is 229 g/mol. The maximum atomic E-state index is 11.0. The van der Waals surface area contributed by atoms with Gasteiger partial charge in [-0.25, -0.2) is 0 Å². The van der Waals surface area contributed by atoms with Crippen LogP contribution in [0.25, 0.3) is 0 Å². The molecule has 1 rings (SSSR count). The summed E-state index contributed by atoms with van der Waals surface area (Å²) in [5.74, 6) is 0.109. The normalized spacial score (nSPS) is 9.92. The van der Waals surface area contributed by atoms with E-state index >= 15 is 0 Å². The zero-order chi connectivity index (χ0) is 9.30. The summed E-state index contributed by atoms with van der Waals surface area (Å²) in [5, 5.41) is 9.44. The predicted octanol–water partition coefficient (Wildman–Crippen LogP) is 2.67. The van der Waals surface area contributed by atoms with Gasteiger partial charge in [0, 0.05) is 11.1 Å². The van der Waals surface area contributed by atoms with E-state index in [4.69, 9.17) is 0 Å². The summed E-state index contributed by atoms with van der Waals surface area (Å²) in [4.78, 5) is 11.0. The van der Waals surface area contributed by atoms with Crippen LogP contribution in [0.15, 0.2) is 16.6 Å². The van der Waals surface area contributed by atoms with E-state index in [2.05, 4.69) is 15.9 Å². The van der Waals surface area contributed by atoms with Gasteiger partial charge in [0.25, 0.3) is 0 Å². The Morgan fingerprint density at radius 1 is 1.50 bits per heavy atom. The molecule has 12 heavy (non-hydrogen) atoms. The van der Waals surface area contributed by atoms with Crippen molar-refractivity contribution in [3.63, 3.8) is 0 Å². The van der Waals surface area contributed by atoms with Crippen molar-refractivity contribution in [2.45, 2.75) is 13.8 Å². The minimum Gasteiger partial charge on any atom is -0.506 e. The van der Waals surface area contributed by atoms with Gasteiger partial charge in [-0.1, -0.05) is 0 Å². The van der Waals surface area contributed by atoms with Crippen LogP contribution < -0.4 is 0 Å². The van der Waals surface area contributed by atoms with E-state index in [1.807, 2.05) is 0 Å². The molecule has 0 heterocycles. The zero-order valence-electron chi connectivity index (χ0n) is 6.89. The fraction of sp³-hybridized carbons (Fsp3) is 0.222. The molecule has 3 heteroatoms. The smallest absolute Gasteiger partial charge is 0.160 e. The maximum absolute atomic E-state index is 11.0. The highest BCUT2D eigenvalue weighted by Gasteiger charge is 2.09. The van der Waals surface area contributed by atoms with Crippen molar-refractivity contribution in [2.24, 2.45) is 0 Å². The lowest BCUT2D eigenvalue weighted by atomic mass is 10.1. The molecular weight excluding hydrogens is 220 g/mol. The van der Waals surface area contributed by atoms with Crippen molar-refractivity contribution in [1.82, 2.24) is 0 Å². The fourth-order valence-corrected chi connectivity index (χ4v) is 1.48. The topological polar surface area (TPSA) is 37.3 Å². The summed E-state index contributed by atoms with van der Waals surface area (Å²) in [6, 6.07) is 3.36. The lowest BCUT2D eigenvalue weighted by molar-refractivity contribution is 0.101. The van der Waals surface area contributed by atoms with E-state index in [-0.39, 0.29) is 11.5 Å². The van der Waals surface area contributed by atoms with Gasteiger partial charge in [-0.2, -0.15) is 0 Å². The highest BCUT2D eigenvalue weighted by Crippen LogP contribution is 2.29. The van der Waals surface area contributed by atoms with Gasteiger partial charge in [0.1, 0.15) is 5.75 Å². The van der Waals surface area contributed by atoms with Gasteiger partial charge >= 0.3 is 0 Å². The summed E-state index contributed by atoms with van der Waals surface area (Å²) in [6.45, 7) is 3.20. The highest BCUT2D eigenvalue weighted by molar-refractivity contribution is 9.10. The Labute approximate surface area is 79.3 Å². The Morgan fingerprint density at radius 2 is 2.08 bits per heavy atom. The van der Waals surface area contributed by atoms with E-state index in [1.165, 1.54) is 6.92 Å². The molecule has 0 aromatic heterocycles. The number of phenols is 1. The molecule has 0 aliphatic rings. The SMILES string of the molecule is CC(=O)c1ccc(Br)c(O)c1C. The van der Waals surface area contributed by atoms with Crippen molar-refractivity contribution in [3.8, 4) is 5.75 Å². The van der Waals surface area contributed by atoms with Gasteiger partial charge in [-0.3, -0.25) is 4.79 Å². The second-order valence-corrected chi connectivity index (χ2v) is 3.48. The van der Waals surface area contributed by atoms with Crippen molar-refractivity contribution >= 4 is 21.7 Å². The fourth-order valence-electron chi connectivity index (χ4n) is 1.05. The monoisotopic (exact) mass is 228 g/mol. The molecule has 0 unspecified atom stereocenters. The third-order valence-electron chi connectivity index (χ3n) is 1.76. The van der Waals surface area contributed by atoms with Gasteiger partial charge in [-0.15, -0.1) is 0 Å². The summed E-state index contributed by atoms with van der Waals surface area (Å²) in [5.41, 5.74) is 1.19. The summed E-state index contributed by atoms with van der Waals surface area (Å²) in [6.07, 6.45) is 0. The minimum atomic E-state index is -0.0321. The quantitative estimate of drug-likeness (QED) is 0.751. The van der Waals surface area contributed by atoms with Crippen LogP contribution in [-0.2, 0) is 0 Å². The van der Waals surface area contributed by atoms with Crippen LogP contribution in [-0.4, -0.2) is 10.9 Å². The van der Waals surface area contributed by atoms with Crippen LogP contribution in [0, 0.1) is 6.92 Å². The number of aromatic hydroxyl groups is 1. The van der Waals surface area contributed by atoms with Crippen LogP contribution >= 0.6 is 15.9 Å². The van der Waals surface area contributed by atoms with Crippen LogP contribution in [0.2, 0.25) is 0 Å². The second kappa shape index (κ2) is 3.27. The Balaban J connectivity index is 3.36. The molecular formula is C9H9BrO2. The number of carbonyl (C=O) groups excluding carboxylic acids is 1. The Morgan fingerprint density at radius 3 is 2.58 bits per heavy atom. The average Bonchev–Trinajstić information content (AvgIpc) is 2.00. The van der Waals surface area contributed by atoms with E-state index in [0.717, 1.165) is 0 Å². The summed E-state index contributed by atoms with van der Waals surface area (Å²) in [7, 11) is 0. The standard InChI is InChI=1S/C9H9BrO2/c1-5-7(6(2)11)3-4-8(10)9(5)12/h3-4,12H,1-2H3. The number of benzene rings is 1. The van der Waals surface area contributed by atoms with Crippen molar-refractivity contribution in [2.75, 3.05) is 0 Å². The highest BCUT2D eigenvalue weighted by atomic mass is 79.9. The molecule has 2 nitrogen and oxygen atoms in total. The summed E-state index contributed by atoms with van der Waals surface area (Å²) >= 11 is 3.17. The third kappa shape index (κ3) is 1.50. The van der Waals surface area contributed by atoms with Crippen LogP contribution in [0.1, 0.15) is 22.8 Å². The van der Waals surface area contributed by atoms with Gasteiger partial charge in [0.2, 0.25) is 0 Å². The minimum absolute atomic E-state index is 0.0321. The van der Waals surface area contributed by atoms with Crippen molar-refractivity contribution in [1.29, 1.82) is 0 Å². The Bertz CT molecular complexity index is 332. The second-order valence-electron chi connectivity index (χ2n) is 2.62. The van der Waals surface area contributed by atoms with Crippen LogP contribution in [0.5, 0.6) is 5.75 Å². The predicted molar refractivity (Wildman–Crippen MR) is 50.5 cm³/mol. The number of ketones is 1. The van der Waals surface area contributed by atoms with Gasteiger partial charge in [-0.05, 0) is 41.9 Å². The van der Waals surface area contributed by atoms with Gasteiger partial charge < -0.3 is 5.11 Å². The molecule has 0 bridgehead atoms. The number of hydrogen-bond donors (Lipinski definition) is 1. The lowest BCUT2D eigenvalue weighted by Gasteiger charge is -2.05. The number of hydrogen-bond acceptors (Lipinski definition) is 2. The molecule has 0 aliphatic heterocycles. The van der Waals surface area contributed by atoms with Crippen molar-refractivity contribution in [3.05, 3.63) is 27.7 Å².